The van der Waals surface area contributed by atoms with Crippen LogP contribution >= 0.6 is 24.8 Å². The number of benzene rings is 1. The predicted molar refractivity (Wildman–Crippen MR) is 285 cm³/mol. The largest absolute Gasteiger partial charge is 0.519 e. The molecule has 0 aromatic heterocycles. The van der Waals surface area contributed by atoms with Crippen molar-refractivity contribution in [3.63, 3.8) is 0 Å². The Bertz CT molecular complexity index is 1800. The molecule has 4 heterocycles. The number of hydrogen-bond donors (Lipinski definition) is 4. The van der Waals surface area contributed by atoms with Crippen LogP contribution in [-0.4, -0.2) is 206 Å². The van der Waals surface area contributed by atoms with Gasteiger partial charge in [0, 0.05) is 161 Å². The van der Waals surface area contributed by atoms with Gasteiger partial charge < -0.3 is 73.2 Å². The van der Waals surface area contributed by atoms with Crippen molar-refractivity contribution in [3.05, 3.63) is 35.9 Å². The molecule has 476 valence electrons. The van der Waals surface area contributed by atoms with Crippen molar-refractivity contribution in [3.8, 4) is 0 Å². The minimum Gasteiger partial charge on any atom is -0.445 e. The molecule has 4 fully saturated rings. The van der Waals surface area contributed by atoms with Gasteiger partial charge in [0.05, 0.1) is 44.1 Å². The van der Waals surface area contributed by atoms with E-state index in [1.54, 1.807) is 90.2 Å². The number of aliphatic hydroxyl groups excluding tert-OH is 3. The summed E-state index contributed by atoms with van der Waals surface area (Å²) >= 11 is 0. The molecule has 5 rings (SSSR count). The minimum absolute atomic E-state index is 0. The van der Waals surface area contributed by atoms with Crippen molar-refractivity contribution < 1.29 is 208 Å². The summed E-state index contributed by atoms with van der Waals surface area (Å²) < 4.78 is 91.6. The summed E-state index contributed by atoms with van der Waals surface area (Å²) in [7, 11) is 4.04. The first-order chi connectivity index (χ1) is 34.6. The van der Waals surface area contributed by atoms with Crippen LogP contribution in [0.2, 0.25) is 0 Å². The van der Waals surface area contributed by atoms with Gasteiger partial charge in [0.15, 0.2) is 0 Å². The number of alkyl halides is 4. The summed E-state index contributed by atoms with van der Waals surface area (Å²) in [5.74, 6) is 0. The first-order valence-electron chi connectivity index (χ1n) is 24.8. The molecule has 0 bridgehead atoms. The molecule has 1 aromatic rings. The van der Waals surface area contributed by atoms with Crippen molar-refractivity contribution in [2.45, 2.75) is 187 Å². The van der Waals surface area contributed by atoms with Gasteiger partial charge in [0.25, 0.3) is 0 Å². The Hall–Kier alpha value is -0.391. The van der Waals surface area contributed by atoms with E-state index in [1.165, 1.54) is 21.8 Å². The van der Waals surface area contributed by atoms with E-state index in [4.69, 9.17) is 43.4 Å². The number of ether oxygens (including phenoxy) is 8. The quantitative estimate of drug-likeness (QED) is 0.0954. The second kappa shape index (κ2) is 45.9. The Morgan fingerprint density at radius 2 is 0.887 bits per heavy atom. The fourth-order valence-corrected chi connectivity index (χ4v) is 6.57. The van der Waals surface area contributed by atoms with Crippen LogP contribution in [0.5, 0.6) is 0 Å². The van der Waals surface area contributed by atoms with Crippen LogP contribution in [0.15, 0.2) is 30.3 Å². The number of carbonyl (C=O) groups is 5. The Kier molecular flexibility index (Phi) is 52.0. The molecule has 4 N–H and O–H groups in total. The SMILES string of the molecule is CC(C)(C)OC(=O)N1CC[C@H](O)[C@@H](F)C1.CC(C)(C)OC(=O)OC(=O)OC(C)(C)C.CO.CO[C@@H]1CCN(C(=O)OC(C)(C)C)C[C@@H]1F.CO[C@@H]1CCNC[C@@H]1F.Cl.Cl.O=C(OCc1ccccc1)N1CC[C@H](O)[C@@H](F)C1.[Ar].[Ar].[Ar]. The van der Waals surface area contributed by atoms with Gasteiger partial charge in [0.1, 0.15) is 53.7 Å². The third-order valence-corrected chi connectivity index (χ3v) is 10.2. The molecule has 0 aliphatic carbocycles. The Morgan fingerprint density at radius 3 is 1.21 bits per heavy atom. The zero-order valence-corrected chi connectivity index (χ0v) is 52.3. The molecule has 3 amide bonds. The molecule has 4 aliphatic heterocycles. The van der Waals surface area contributed by atoms with Crippen LogP contribution in [0.25, 0.3) is 0 Å². The Labute approximate surface area is 573 Å². The fourth-order valence-electron chi connectivity index (χ4n) is 6.57. The number of likely N-dealkylation sites (tertiary alicyclic amines) is 3. The van der Waals surface area contributed by atoms with Gasteiger partial charge in [-0.05, 0) is 121 Å². The van der Waals surface area contributed by atoms with Gasteiger partial charge in [-0.1, -0.05) is 30.3 Å². The Morgan fingerprint density at radius 1 is 0.537 bits per heavy atom. The maximum Gasteiger partial charge on any atom is 0.519 e. The molecule has 80 heavy (non-hydrogen) atoms. The van der Waals surface area contributed by atoms with E-state index in [9.17, 15) is 46.6 Å². The summed E-state index contributed by atoms with van der Waals surface area (Å²) in [6.45, 7) is 23.2. The molecule has 29 heteroatoms. The maximum absolute atomic E-state index is 13.5. The average molecular weight is 1280 g/mol. The molecule has 1 aromatic carbocycles. The summed E-state index contributed by atoms with van der Waals surface area (Å²) in [5, 5.41) is 28.3. The topological polar surface area (TPSA) is 242 Å². The van der Waals surface area contributed by atoms with Crippen LogP contribution in [0.1, 0.15) is 114 Å². The Balaban J connectivity index is -0.000000211. The van der Waals surface area contributed by atoms with Gasteiger partial charge in [0.2, 0.25) is 0 Å². The van der Waals surface area contributed by atoms with E-state index in [1.807, 2.05) is 30.3 Å². The first-order valence-corrected chi connectivity index (χ1v) is 24.8. The number of hydrogen-bond acceptors (Lipinski definition) is 17. The number of rotatable bonds is 4. The maximum atomic E-state index is 13.5. The van der Waals surface area contributed by atoms with Crippen LogP contribution in [-0.2, 0) is 44.5 Å². The van der Waals surface area contributed by atoms with E-state index in [0.29, 0.717) is 32.6 Å². The zero-order valence-electron chi connectivity index (χ0n) is 48.6. The van der Waals surface area contributed by atoms with Gasteiger partial charge in [-0.25, -0.2) is 41.5 Å². The van der Waals surface area contributed by atoms with Gasteiger partial charge in [-0.2, -0.15) is 0 Å². The number of methoxy groups -OCH3 is 2. The third kappa shape index (κ3) is 43.3. The molecule has 4 aliphatic rings. The standard InChI is InChI=1S/C13H16FNO3.C11H20FNO3.C10H18FNO3.C10H18O5.C6H12FNO.CH4O.3Ar.2ClH/c14-11-8-15(7-6-12(11)16)13(17)18-9-10-4-2-1-3-5-10;1-11(2,3)16-10(14)13-6-5-9(15-4)8(12)7-13;1-10(2,3)15-9(14)12-5-4-8(13)7(11)6-12;1-9(2,3)14-7(11)13-8(12)15-10(4,5)6;1-9-6-2-3-8-4-5(6)7;1-2;;;;;/h1-5,11-12,16H,6-9H2;8-9H,5-7H2,1-4H3;7-8,13H,4-6H2,1-3H3;1-6H3;5-6,8H,2-4H2,1H3;2H,1H3;;;;2*1H/t11-,12-;8-,9+;7-,8-;;5-,6+;;;;;;/m000.0....../s1. The number of aliphatic hydroxyl groups is 3. The summed E-state index contributed by atoms with van der Waals surface area (Å²) in [6, 6.07) is 9.30. The molecule has 0 spiro atoms. The molecule has 0 unspecified atom stereocenters. The van der Waals surface area contributed by atoms with Crippen molar-refractivity contribution in [1.29, 1.82) is 0 Å². The van der Waals surface area contributed by atoms with Gasteiger partial charge in [-0.3, -0.25) is 0 Å². The van der Waals surface area contributed by atoms with Crippen molar-refractivity contribution in [1.82, 2.24) is 20.0 Å². The summed E-state index contributed by atoms with van der Waals surface area (Å²) in [6.07, 6.45) is -9.01. The third-order valence-electron chi connectivity index (χ3n) is 10.2. The monoisotopic (exact) mass is 1280 g/mol. The molecule has 8 atom stereocenters. The van der Waals surface area contributed by atoms with Crippen LogP contribution < -0.4 is 5.32 Å². The molecule has 20 nitrogen and oxygen atoms in total. The minimum atomic E-state index is -1.39. The number of piperidine rings is 4. The summed E-state index contributed by atoms with van der Waals surface area (Å²) in [4.78, 5) is 60.9. The molecule has 0 radical (unpaired) electrons. The summed E-state index contributed by atoms with van der Waals surface area (Å²) in [5.41, 5.74) is -1.61. The van der Waals surface area contributed by atoms with Crippen LogP contribution in [0, 0.1) is 113 Å². The van der Waals surface area contributed by atoms with Crippen molar-refractivity contribution in [2.75, 3.05) is 73.7 Å². The predicted octanol–water partition coefficient (Wildman–Crippen LogP) is 8.69. The second-order valence-electron chi connectivity index (χ2n) is 21.5. The van der Waals surface area contributed by atoms with E-state index >= 15 is 0 Å². The number of halogens is 6. The van der Waals surface area contributed by atoms with E-state index in [0.717, 1.165) is 25.6 Å². The fraction of sp³-hybridized carbons (Fsp3) is 0.784. The molecular weight excluding hydrogens is 1190 g/mol. The molecular formula is C51H90Ar3Cl2F4N4O16. The average Bonchev–Trinajstić information content (AvgIpc) is 3.29. The first kappa shape index (κ1) is 90.8. The van der Waals surface area contributed by atoms with E-state index < -0.39 is 96.0 Å². The van der Waals surface area contributed by atoms with Crippen LogP contribution in [0.3, 0.4) is 0 Å². The van der Waals surface area contributed by atoms with E-state index in [-0.39, 0.29) is 183 Å². The number of nitrogens with zero attached hydrogens (tertiary/aromatic N) is 3. The van der Waals surface area contributed by atoms with Gasteiger partial charge in [-0.15, -0.1) is 24.8 Å². The smallest absolute Gasteiger partial charge is 0.445 e. The number of carbonyl (C=O) groups excluding carboxylic acids is 5. The van der Waals surface area contributed by atoms with E-state index in [2.05, 4.69) is 10.1 Å². The van der Waals surface area contributed by atoms with Crippen molar-refractivity contribution in [2.24, 2.45) is 0 Å². The molecule has 4 saturated heterocycles. The molecule has 0 saturated carbocycles. The zero-order chi connectivity index (χ0) is 57.9. The normalized spacial score (nSPS) is 22.3. The number of nitrogens with one attached hydrogen (secondary N) is 1. The van der Waals surface area contributed by atoms with Crippen LogP contribution in [0.4, 0.5) is 41.5 Å². The number of amides is 3. The van der Waals surface area contributed by atoms with Gasteiger partial charge >= 0.3 is 30.6 Å². The second-order valence-corrected chi connectivity index (χ2v) is 21.5. The van der Waals surface area contributed by atoms with Crippen molar-refractivity contribution >= 4 is 55.4 Å².